The van der Waals surface area contributed by atoms with Gasteiger partial charge in [-0.3, -0.25) is 0 Å². The molecule has 2 aliphatic rings. The number of amidine groups is 1. The molecule has 1 N–H and O–H groups in total. The van der Waals surface area contributed by atoms with Gasteiger partial charge in [-0.2, -0.15) is 0 Å². The van der Waals surface area contributed by atoms with Crippen LogP contribution in [0.2, 0.25) is 5.02 Å². The van der Waals surface area contributed by atoms with E-state index in [0.29, 0.717) is 11.8 Å². The van der Waals surface area contributed by atoms with Gasteiger partial charge in [0.2, 0.25) is 4.87 Å². The first-order chi connectivity index (χ1) is 17.7. The van der Waals surface area contributed by atoms with Crippen LogP contribution in [-0.2, 0) is 16.1 Å². The van der Waals surface area contributed by atoms with E-state index in [1.807, 2.05) is 43.5 Å². The van der Waals surface area contributed by atoms with Crippen molar-refractivity contribution in [1.29, 1.82) is 0 Å². The van der Waals surface area contributed by atoms with E-state index in [0.717, 1.165) is 55.2 Å². The van der Waals surface area contributed by atoms with E-state index in [4.69, 9.17) is 21.3 Å². The maximum Gasteiger partial charge on any atom is 0.346 e. The lowest BCUT2D eigenvalue weighted by Crippen LogP contribution is -2.51. The second kappa shape index (κ2) is 11.7. The Kier molecular flexibility index (Phi) is 8.80. The molecule has 1 aliphatic heterocycles. The Morgan fingerprint density at radius 3 is 2.38 bits per heavy atom. The minimum absolute atomic E-state index is 0.0136. The maximum atomic E-state index is 13.1. The van der Waals surface area contributed by atoms with Crippen LogP contribution in [0.3, 0.4) is 0 Å². The first-order valence-electron chi connectivity index (χ1n) is 13.2. The third-order valence-corrected chi connectivity index (χ3v) is 9.70. The van der Waals surface area contributed by atoms with Crippen molar-refractivity contribution in [2.45, 2.75) is 75.9 Å². The Morgan fingerprint density at radius 1 is 1.14 bits per heavy atom. The van der Waals surface area contributed by atoms with Gasteiger partial charge in [0, 0.05) is 22.8 Å². The number of hydrogen-bond donors (Lipinski definition) is 1. The predicted octanol–water partition coefficient (Wildman–Crippen LogP) is 7.26. The largest absolute Gasteiger partial charge is 0.467 e. The summed E-state index contributed by atoms with van der Waals surface area (Å²) in [7, 11) is 1.48. The molecule has 0 radical (unpaired) electrons. The van der Waals surface area contributed by atoms with Gasteiger partial charge in [0.25, 0.3) is 0 Å². The molecule has 4 rings (SSSR count). The zero-order valence-electron chi connectivity index (χ0n) is 22.7. The third-order valence-electron chi connectivity index (χ3n) is 8.29. The highest BCUT2D eigenvalue weighted by atomic mass is 35.5. The molecule has 7 heteroatoms. The Bertz CT molecular complexity index is 1080. The van der Waals surface area contributed by atoms with Crippen LogP contribution in [0.1, 0.15) is 58.4 Å². The van der Waals surface area contributed by atoms with Crippen molar-refractivity contribution in [3.05, 3.63) is 65.2 Å². The Morgan fingerprint density at radius 2 is 1.78 bits per heavy atom. The summed E-state index contributed by atoms with van der Waals surface area (Å²) in [5.74, 6) is 1.79. The van der Waals surface area contributed by atoms with Crippen LogP contribution < -0.4 is 5.32 Å². The van der Waals surface area contributed by atoms with Crippen LogP contribution in [-0.4, -0.2) is 46.5 Å². The SMILES string of the molecule is COC(=O)C1(SC)N=C(C)N(Cc2ccccc2)C1CC1CCC(C(C)(C)Nc2ccc(Cl)cc2)CC1. The molecular formula is C30H40ClN3O2S. The summed E-state index contributed by atoms with van der Waals surface area (Å²) in [6, 6.07) is 18.4. The van der Waals surface area contributed by atoms with E-state index in [2.05, 4.69) is 48.3 Å². The predicted molar refractivity (Wildman–Crippen MR) is 156 cm³/mol. The number of carbonyl (C=O) groups excluding carboxylic acids is 1. The second-order valence-corrected chi connectivity index (χ2v) is 12.5. The number of halogens is 1. The van der Waals surface area contributed by atoms with E-state index in [-0.39, 0.29) is 17.6 Å². The van der Waals surface area contributed by atoms with Gasteiger partial charge in [-0.1, -0.05) is 54.8 Å². The molecule has 0 bridgehead atoms. The number of ether oxygens (including phenoxy) is 1. The maximum absolute atomic E-state index is 13.1. The van der Waals surface area contributed by atoms with Gasteiger partial charge in [-0.25, -0.2) is 9.79 Å². The summed E-state index contributed by atoms with van der Waals surface area (Å²) in [5, 5.41) is 4.49. The quantitative estimate of drug-likeness (QED) is 0.338. The minimum atomic E-state index is -0.917. The number of benzene rings is 2. The van der Waals surface area contributed by atoms with Crippen molar-refractivity contribution in [1.82, 2.24) is 4.90 Å². The van der Waals surface area contributed by atoms with Crippen molar-refractivity contribution in [3.63, 3.8) is 0 Å². The molecular weight excluding hydrogens is 502 g/mol. The molecule has 2 atom stereocenters. The molecule has 0 saturated heterocycles. The van der Waals surface area contributed by atoms with Gasteiger partial charge in [0.1, 0.15) is 0 Å². The zero-order chi connectivity index (χ0) is 26.6. The number of esters is 1. The van der Waals surface area contributed by atoms with Crippen molar-refractivity contribution in [2.75, 3.05) is 18.7 Å². The summed E-state index contributed by atoms with van der Waals surface area (Å²) in [6.45, 7) is 7.38. The Labute approximate surface area is 231 Å². The number of aliphatic imine (C=N–C) groups is 1. The minimum Gasteiger partial charge on any atom is -0.467 e. The van der Waals surface area contributed by atoms with Gasteiger partial charge in [-0.05, 0) is 88.0 Å². The topological polar surface area (TPSA) is 53.9 Å². The van der Waals surface area contributed by atoms with Crippen LogP contribution in [0, 0.1) is 11.8 Å². The number of carbonyl (C=O) groups is 1. The fraction of sp³-hybridized carbons (Fsp3) is 0.533. The van der Waals surface area contributed by atoms with Crippen LogP contribution in [0.15, 0.2) is 59.6 Å². The first kappa shape index (κ1) is 27.8. The molecule has 0 aromatic heterocycles. The monoisotopic (exact) mass is 541 g/mol. The molecule has 1 fully saturated rings. The van der Waals surface area contributed by atoms with Gasteiger partial charge < -0.3 is 15.0 Å². The molecule has 1 saturated carbocycles. The fourth-order valence-corrected chi connectivity index (χ4v) is 7.24. The molecule has 200 valence electrons. The van der Waals surface area contributed by atoms with E-state index in [1.165, 1.54) is 24.4 Å². The molecule has 0 amide bonds. The van der Waals surface area contributed by atoms with E-state index in [9.17, 15) is 4.79 Å². The Hall–Kier alpha value is -2.18. The van der Waals surface area contributed by atoms with E-state index in [1.54, 1.807) is 0 Å². The van der Waals surface area contributed by atoms with Crippen LogP contribution in [0.5, 0.6) is 0 Å². The number of nitrogens with zero attached hydrogens (tertiary/aromatic N) is 2. The summed E-state index contributed by atoms with van der Waals surface area (Å²) >= 11 is 7.58. The number of methoxy groups -OCH3 is 1. The third kappa shape index (κ3) is 6.12. The highest BCUT2D eigenvalue weighted by Crippen LogP contribution is 2.45. The van der Waals surface area contributed by atoms with Crippen LogP contribution in [0.4, 0.5) is 5.69 Å². The molecule has 2 unspecified atom stereocenters. The summed E-state index contributed by atoms with van der Waals surface area (Å²) < 4.78 is 5.31. The molecule has 1 aliphatic carbocycles. The lowest BCUT2D eigenvalue weighted by molar-refractivity contribution is -0.144. The number of anilines is 1. The van der Waals surface area contributed by atoms with E-state index < -0.39 is 4.87 Å². The molecule has 1 heterocycles. The van der Waals surface area contributed by atoms with Crippen molar-refractivity contribution in [3.8, 4) is 0 Å². The van der Waals surface area contributed by atoms with Crippen LogP contribution >= 0.6 is 23.4 Å². The lowest BCUT2D eigenvalue weighted by atomic mass is 9.71. The molecule has 2 aromatic rings. The van der Waals surface area contributed by atoms with Crippen molar-refractivity contribution < 1.29 is 9.53 Å². The van der Waals surface area contributed by atoms with Crippen LogP contribution in [0.25, 0.3) is 0 Å². The molecule has 0 spiro atoms. The molecule has 37 heavy (non-hydrogen) atoms. The lowest BCUT2D eigenvalue weighted by Gasteiger charge is -2.42. The first-order valence-corrected chi connectivity index (χ1v) is 14.8. The number of hydrogen-bond acceptors (Lipinski definition) is 6. The highest BCUT2D eigenvalue weighted by molar-refractivity contribution is 8.00. The molecule has 2 aromatic carbocycles. The second-order valence-electron chi connectivity index (χ2n) is 11.0. The van der Waals surface area contributed by atoms with Gasteiger partial charge in [-0.15, -0.1) is 11.8 Å². The summed E-state index contributed by atoms with van der Waals surface area (Å²) in [4.78, 5) is 19.5. The van der Waals surface area contributed by atoms with Gasteiger partial charge in [0.05, 0.1) is 19.0 Å². The van der Waals surface area contributed by atoms with E-state index >= 15 is 0 Å². The fourth-order valence-electron chi connectivity index (χ4n) is 6.14. The normalized spacial score (nSPS) is 26.1. The Balaban J connectivity index is 1.46. The van der Waals surface area contributed by atoms with Crippen molar-refractivity contribution >= 4 is 40.9 Å². The zero-order valence-corrected chi connectivity index (χ0v) is 24.2. The van der Waals surface area contributed by atoms with Crippen molar-refractivity contribution in [2.24, 2.45) is 16.8 Å². The average Bonchev–Trinajstić information content (AvgIpc) is 3.17. The highest BCUT2D eigenvalue weighted by Gasteiger charge is 2.54. The number of nitrogens with one attached hydrogen (secondary N) is 1. The molecule has 5 nitrogen and oxygen atoms in total. The summed E-state index contributed by atoms with van der Waals surface area (Å²) in [5.41, 5.74) is 2.32. The standard InChI is InChI=1S/C30H40ClN3O2S/c1-21-32-30(37-5,28(35)36-4)27(34(21)20-23-9-7-6-8-10-23)19-22-11-13-24(14-12-22)29(2,3)33-26-17-15-25(31)16-18-26/h6-10,15-18,22,24,27,33H,11-14,19-20H2,1-5H3. The number of thioether (sulfide) groups is 1. The number of rotatable bonds is 9. The average molecular weight is 542 g/mol. The van der Waals surface area contributed by atoms with Gasteiger partial charge >= 0.3 is 5.97 Å². The summed E-state index contributed by atoms with van der Waals surface area (Å²) in [6.07, 6.45) is 7.53. The van der Waals surface area contributed by atoms with Gasteiger partial charge in [0.15, 0.2) is 0 Å². The smallest absolute Gasteiger partial charge is 0.346 e.